The van der Waals surface area contributed by atoms with Crippen LogP contribution in [0.2, 0.25) is 0 Å². The molecule has 98 valence electrons. The second kappa shape index (κ2) is 4.63. The van der Waals surface area contributed by atoms with Gasteiger partial charge in [-0.3, -0.25) is 4.79 Å². The number of aliphatic carboxylic acids is 1. The van der Waals surface area contributed by atoms with Crippen molar-refractivity contribution in [3.8, 4) is 5.75 Å². The lowest BCUT2D eigenvalue weighted by Crippen LogP contribution is -2.21. The van der Waals surface area contributed by atoms with E-state index >= 15 is 0 Å². The van der Waals surface area contributed by atoms with E-state index in [-0.39, 0.29) is 5.92 Å². The van der Waals surface area contributed by atoms with Crippen molar-refractivity contribution in [2.75, 3.05) is 6.61 Å². The van der Waals surface area contributed by atoms with Crippen LogP contribution in [-0.2, 0) is 10.2 Å². The van der Waals surface area contributed by atoms with Gasteiger partial charge in [-0.25, -0.2) is 0 Å². The molecule has 0 amide bonds. The SMILES string of the molecule is CC(C)COc1ccc(C2(C(=O)O)CC2C)cc1. The smallest absolute Gasteiger partial charge is 0.314 e. The highest BCUT2D eigenvalue weighted by Gasteiger charge is 2.58. The third-order valence-corrected chi connectivity index (χ3v) is 3.64. The van der Waals surface area contributed by atoms with Crippen LogP contribution in [0.1, 0.15) is 32.8 Å². The summed E-state index contributed by atoms with van der Waals surface area (Å²) in [6.45, 7) is 6.86. The molecule has 3 nitrogen and oxygen atoms in total. The summed E-state index contributed by atoms with van der Waals surface area (Å²) < 4.78 is 5.60. The fourth-order valence-electron chi connectivity index (χ4n) is 2.36. The van der Waals surface area contributed by atoms with Gasteiger partial charge in [0, 0.05) is 0 Å². The van der Waals surface area contributed by atoms with Crippen LogP contribution in [0, 0.1) is 11.8 Å². The van der Waals surface area contributed by atoms with Crippen molar-refractivity contribution in [3.63, 3.8) is 0 Å². The van der Waals surface area contributed by atoms with Crippen LogP contribution in [0.3, 0.4) is 0 Å². The number of benzene rings is 1. The maximum atomic E-state index is 11.4. The molecule has 1 saturated carbocycles. The summed E-state index contributed by atoms with van der Waals surface area (Å²) in [6, 6.07) is 7.50. The van der Waals surface area contributed by atoms with Gasteiger partial charge in [-0.05, 0) is 36.0 Å². The highest BCUT2D eigenvalue weighted by atomic mass is 16.5. The van der Waals surface area contributed by atoms with Gasteiger partial charge in [0.15, 0.2) is 0 Å². The van der Waals surface area contributed by atoms with Crippen molar-refractivity contribution in [1.29, 1.82) is 0 Å². The Morgan fingerprint density at radius 2 is 2.00 bits per heavy atom. The molecule has 2 rings (SSSR count). The Morgan fingerprint density at radius 3 is 2.39 bits per heavy atom. The van der Waals surface area contributed by atoms with E-state index in [2.05, 4.69) is 13.8 Å². The molecule has 0 saturated heterocycles. The molecule has 0 spiro atoms. The fourth-order valence-corrected chi connectivity index (χ4v) is 2.36. The quantitative estimate of drug-likeness (QED) is 0.871. The number of carboxylic acids is 1. The zero-order valence-electron chi connectivity index (χ0n) is 11.1. The van der Waals surface area contributed by atoms with Gasteiger partial charge in [-0.1, -0.05) is 32.9 Å². The molecule has 0 aromatic heterocycles. The van der Waals surface area contributed by atoms with Crippen LogP contribution < -0.4 is 4.74 Å². The summed E-state index contributed by atoms with van der Waals surface area (Å²) in [5.41, 5.74) is 0.232. The van der Waals surface area contributed by atoms with Crippen molar-refractivity contribution in [2.24, 2.45) is 11.8 Å². The van der Waals surface area contributed by atoms with E-state index in [0.29, 0.717) is 12.5 Å². The number of carboxylic acid groups (broad SMARTS) is 1. The van der Waals surface area contributed by atoms with Crippen LogP contribution in [0.4, 0.5) is 0 Å². The summed E-state index contributed by atoms with van der Waals surface area (Å²) in [5, 5.41) is 9.34. The third-order valence-electron chi connectivity index (χ3n) is 3.64. The number of rotatable bonds is 5. The summed E-state index contributed by atoms with van der Waals surface area (Å²) in [6.07, 6.45) is 0.731. The predicted octanol–water partition coefficient (Wildman–Crippen LogP) is 3.08. The first-order valence-electron chi connectivity index (χ1n) is 6.43. The summed E-state index contributed by atoms with van der Waals surface area (Å²) >= 11 is 0. The van der Waals surface area contributed by atoms with Crippen molar-refractivity contribution < 1.29 is 14.6 Å². The average molecular weight is 248 g/mol. The molecule has 0 heterocycles. The van der Waals surface area contributed by atoms with Gasteiger partial charge in [-0.2, -0.15) is 0 Å². The first-order chi connectivity index (χ1) is 8.46. The Bertz CT molecular complexity index is 436. The van der Waals surface area contributed by atoms with E-state index in [9.17, 15) is 9.90 Å². The topological polar surface area (TPSA) is 46.5 Å². The molecule has 1 N–H and O–H groups in total. The molecule has 1 aliphatic rings. The van der Waals surface area contributed by atoms with Crippen molar-refractivity contribution in [3.05, 3.63) is 29.8 Å². The number of hydrogen-bond donors (Lipinski definition) is 1. The normalized spacial score (nSPS) is 26.1. The van der Waals surface area contributed by atoms with Gasteiger partial charge in [-0.15, -0.1) is 0 Å². The van der Waals surface area contributed by atoms with Gasteiger partial charge < -0.3 is 9.84 Å². The molecule has 18 heavy (non-hydrogen) atoms. The van der Waals surface area contributed by atoms with Crippen molar-refractivity contribution in [2.45, 2.75) is 32.6 Å². The Hall–Kier alpha value is -1.51. The molecule has 1 aromatic rings. The Balaban J connectivity index is 2.11. The zero-order chi connectivity index (χ0) is 13.3. The van der Waals surface area contributed by atoms with Crippen molar-refractivity contribution in [1.82, 2.24) is 0 Å². The number of carbonyl (C=O) groups is 1. The molecular formula is C15H20O3. The second-order valence-electron chi connectivity index (χ2n) is 5.61. The van der Waals surface area contributed by atoms with Crippen LogP contribution in [0.15, 0.2) is 24.3 Å². The molecule has 3 heteroatoms. The average Bonchev–Trinajstić information content (AvgIpc) is 3.00. The minimum atomic E-state index is -0.717. The Morgan fingerprint density at radius 1 is 1.44 bits per heavy atom. The van der Waals surface area contributed by atoms with Gasteiger partial charge in [0.25, 0.3) is 0 Å². The van der Waals surface area contributed by atoms with Crippen LogP contribution in [0.5, 0.6) is 5.75 Å². The maximum Gasteiger partial charge on any atom is 0.314 e. The van der Waals surface area contributed by atoms with Crippen LogP contribution in [0.25, 0.3) is 0 Å². The molecule has 2 unspecified atom stereocenters. The van der Waals surface area contributed by atoms with Crippen molar-refractivity contribution >= 4 is 5.97 Å². The van der Waals surface area contributed by atoms with Gasteiger partial charge in [0.05, 0.1) is 12.0 Å². The van der Waals surface area contributed by atoms with E-state index in [1.54, 1.807) is 0 Å². The van der Waals surface area contributed by atoms with Crippen LogP contribution >= 0.6 is 0 Å². The molecule has 1 fully saturated rings. The fraction of sp³-hybridized carbons (Fsp3) is 0.533. The monoisotopic (exact) mass is 248 g/mol. The number of hydrogen-bond acceptors (Lipinski definition) is 2. The lowest BCUT2D eigenvalue weighted by Gasteiger charge is -2.13. The van der Waals surface area contributed by atoms with E-state index in [0.717, 1.165) is 17.7 Å². The zero-order valence-corrected chi connectivity index (χ0v) is 11.1. The highest BCUT2D eigenvalue weighted by Crippen LogP contribution is 2.54. The van der Waals surface area contributed by atoms with E-state index in [1.165, 1.54) is 0 Å². The predicted molar refractivity (Wildman–Crippen MR) is 69.9 cm³/mol. The molecule has 1 aliphatic carbocycles. The molecule has 0 bridgehead atoms. The first kappa shape index (κ1) is 12.9. The Labute approximate surface area is 108 Å². The minimum absolute atomic E-state index is 0.220. The second-order valence-corrected chi connectivity index (χ2v) is 5.61. The summed E-state index contributed by atoms with van der Waals surface area (Å²) in [7, 11) is 0. The lowest BCUT2D eigenvalue weighted by molar-refractivity contribution is -0.140. The van der Waals surface area contributed by atoms with Gasteiger partial charge in [0.1, 0.15) is 5.75 Å². The summed E-state index contributed by atoms with van der Waals surface area (Å²) in [5.74, 6) is 0.795. The first-order valence-corrected chi connectivity index (χ1v) is 6.43. The Kier molecular flexibility index (Phi) is 3.33. The minimum Gasteiger partial charge on any atom is -0.493 e. The standard InChI is InChI=1S/C15H20O3/c1-10(2)9-18-13-6-4-12(5-7-13)15(14(16)17)8-11(15)3/h4-7,10-11H,8-9H2,1-3H3,(H,16,17). The number of ether oxygens (including phenoxy) is 1. The highest BCUT2D eigenvalue weighted by molar-refractivity contribution is 5.85. The lowest BCUT2D eigenvalue weighted by atomic mass is 9.94. The van der Waals surface area contributed by atoms with E-state index in [4.69, 9.17) is 4.74 Å². The molecule has 0 aliphatic heterocycles. The molecular weight excluding hydrogens is 228 g/mol. The largest absolute Gasteiger partial charge is 0.493 e. The summed E-state index contributed by atoms with van der Waals surface area (Å²) in [4.78, 5) is 11.4. The van der Waals surface area contributed by atoms with E-state index < -0.39 is 11.4 Å². The third kappa shape index (κ3) is 2.22. The van der Waals surface area contributed by atoms with Gasteiger partial charge in [0.2, 0.25) is 0 Å². The molecule has 2 atom stereocenters. The van der Waals surface area contributed by atoms with Gasteiger partial charge >= 0.3 is 5.97 Å². The molecule has 0 radical (unpaired) electrons. The van der Waals surface area contributed by atoms with E-state index in [1.807, 2.05) is 31.2 Å². The van der Waals surface area contributed by atoms with Crippen LogP contribution in [-0.4, -0.2) is 17.7 Å². The maximum absolute atomic E-state index is 11.4. The molecule has 1 aromatic carbocycles.